The van der Waals surface area contributed by atoms with Gasteiger partial charge in [-0.25, -0.2) is 8.78 Å². The van der Waals surface area contributed by atoms with E-state index in [0.29, 0.717) is 18.8 Å². The van der Waals surface area contributed by atoms with E-state index in [2.05, 4.69) is 43.4 Å². The van der Waals surface area contributed by atoms with E-state index in [-0.39, 0.29) is 11.5 Å². The highest BCUT2D eigenvalue weighted by atomic mass is 19.1. The van der Waals surface area contributed by atoms with E-state index in [4.69, 9.17) is 0 Å². The summed E-state index contributed by atoms with van der Waals surface area (Å²) >= 11 is 0. The smallest absolute Gasteiger partial charge is 0.129 e. The van der Waals surface area contributed by atoms with Gasteiger partial charge in [-0.1, -0.05) is 68.7 Å². The molecule has 1 unspecified atom stereocenters. The van der Waals surface area contributed by atoms with Crippen molar-refractivity contribution in [3.63, 3.8) is 0 Å². The quantitative estimate of drug-likeness (QED) is 0.339. The predicted molar refractivity (Wildman–Crippen MR) is 123 cm³/mol. The molecule has 3 rings (SSSR count). The molecule has 0 spiro atoms. The molecule has 0 heterocycles. The molecule has 1 aromatic carbocycles. The minimum absolute atomic E-state index is 0.127. The predicted octanol–water partition coefficient (Wildman–Crippen LogP) is 8.44. The molecule has 1 aromatic rings. The maximum atomic E-state index is 14.7. The van der Waals surface area contributed by atoms with Gasteiger partial charge in [-0.3, -0.25) is 0 Å². The lowest BCUT2D eigenvalue weighted by molar-refractivity contribution is 0.527. The lowest BCUT2D eigenvalue weighted by atomic mass is 9.88. The summed E-state index contributed by atoms with van der Waals surface area (Å²) in [6.45, 7) is 4.28. The van der Waals surface area contributed by atoms with Gasteiger partial charge in [0.25, 0.3) is 0 Å². The Balaban J connectivity index is 1.53. The van der Waals surface area contributed by atoms with Crippen LogP contribution in [-0.4, -0.2) is 0 Å². The Labute approximate surface area is 181 Å². The van der Waals surface area contributed by atoms with E-state index >= 15 is 0 Å². The Bertz CT molecular complexity index is 802. The molecule has 2 aliphatic rings. The first-order valence-electron chi connectivity index (χ1n) is 11.8. The normalized spacial score (nSPS) is 19.5. The summed E-state index contributed by atoms with van der Waals surface area (Å²) in [6.07, 6.45) is 23.5. The molecule has 0 saturated heterocycles. The van der Waals surface area contributed by atoms with Crippen LogP contribution in [0.2, 0.25) is 0 Å². The zero-order chi connectivity index (χ0) is 21.3. The molecular formula is C28H36F2. The molecule has 0 fully saturated rings. The maximum Gasteiger partial charge on any atom is 0.129 e. The van der Waals surface area contributed by atoms with Crippen LogP contribution in [0.1, 0.15) is 76.3 Å². The van der Waals surface area contributed by atoms with Crippen LogP contribution in [-0.2, 0) is 12.8 Å². The first-order chi connectivity index (χ1) is 14.6. The van der Waals surface area contributed by atoms with Crippen molar-refractivity contribution in [2.75, 3.05) is 0 Å². The highest BCUT2D eigenvalue weighted by Gasteiger charge is 2.17. The van der Waals surface area contributed by atoms with E-state index < -0.39 is 11.6 Å². The Morgan fingerprint density at radius 2 is 1.80 bits per heavy atom. The van der Waals surface area contributed by atoms with Crippen molar-refractivity contribution >= 4 is 0 Å². The summed E-state index contributed by atoms with van der Waals surface area (Å²) < 4.78 is 29.4. The second-order valence-electron chi connectivity index (χ2n) is 8.96. The van der Waals surface area contributed by atoms with E-state index in [1.165, 1.54) is 36.8 Å². The van der Waals surface area contributed by atoms with Crippen molar-refractivity contribution < 1.29 is 8.78 Å². The van der Waals surface area contributed by atoms with Crippen LogP contribution in [0.4, 0.5) is 8.78 Å². The van der Waals surface area contributed by atoms with E-state index in [9.17, 15) is 8.78 Å². The van der Waals surface area contributed by atoms with Crippen molar-refractivity contribution in [1.29, 1.82) is 0 Å². The average molecular weight is 411 g/mol. The van der Waals surface area contributed by atoms with Crippen LogP contribution in [0, 0.1) is 23.5 Å². The number of hydrogen-bond donors (Lipinski definition) is 0. The van der Waals surface area contributed by atoms with E-state index in [0.717, 1.165) is 31.2 Å². The molecule has 0 nitrogen and oxygen atoms in total. The fourth-order valence-electron chi connectivity index (χ4n) is 4.46. The third-order valence-corrected chi connectivity index (χ3v) is 6.44. The van der Waals surface area contributed by atoms with Gasteiger partial charge in [-0.15, -0.1) is 0 Å². The molecule has 2 heteroatoms. The van der Waals surface area contributed by atoms with Gasteiger partial charge in [0.2, 0.25) is 0 Å². The van der Waals surface area contributed by atoms with Crippen LogP contribution in [0.25, 0.3) is 0 Å². The summed E-state index contributed by atoms with van der Waals surface area (Å²) in [5.41, 5.74) is 3.63. The number of halogens is 2. The topological polar surface area (TPSA) is 0 Å². The monoisotopic (exact) mass is 410 g/mol. The third kappa shape index (κ3) is 6.52. The first kappa shape index (κ1) is 22.7. The van der Waals surface area contributed by atoms with Gasteiger partial charge in [0, 0.05) is 5.56 Å². The molecule has 2 atom stereocenters. The highest BCUT2D eigenvalue weighted by Crippen LogP contribution is 2.28. The summed E-state index contributed by atoms with van der Waals surface area (Å²) in [5, 5.41) is 0. The fraction of sp³-hybridized carbons (Fsp3) is 0.500. The fourth-order valence-corrected chi connectivity index (χ4v) is 4.46. The van der Waals surface area contributed by atoms with Crippen molar-refractivity contribution in [3.05, 3.63) is 82.5 Å². The molecule has 2 aliphatic carbocycles. The van der Waals surface area contributed by atoms with Crippen molar-refractivity contribution in [2.24, 2.45) is 11.8 Å². The van der Waals surface area contributed by atoms with Gasteiger partial charge in [0.05, 0.1) is 0 Å². The van der Waals surface area contributed by atoms with Gasteiger partial charge in [-0.2, -0.15) is 0 Å². The lowest BCUT2D eigenvalue weighted by Crippen LogP contribution is -2.09. The van der Waals surface area contributed by atoms with Crippen LogP contribution >= 0.6 is 0 Å². The molecule has 30 heavy (non-hydrogen) atoms. The average Bonchev–Trinajstić information content (AvgIpc) is 2.76. The molecule has 0 amide bonds. The number of hydrogen-bond acceptors (Lipinski definition) is 0. The second kappa shape index (κ2) is 11.4. The van der Waals surface area contributed by atoms with Crippen molar-refractivity contribution in [2.45, 2.75) is 78.1 Å². The molecular weight excluding hydrogens is 374 g/mol. The van der Waals surface area contributed by atoms with E-state index in [1.54, 1.807) is 12.1 Å². The number of benzene rings is 1. The molecule has 0 aromatic heterocycles. The largest absolute Gasteiger partial charge is 0.207 e. The summed E-state index contributed by atoms with van der Waals surface area (Å²) in [6, 6.07) is 3.10. The number of aryl methyl sites for hydroxylation is 1. The zero-order valence-electron chi connectivity index (χ0n) is 18.6. The molecule has 0 saturated carbocycles. The molecule has 0 bridgehead atoms. The Hall–Kier alpha value is -1.96. The minimum atomic E-state index is -0.394. The lowest BCUT2D eigenvalue weighted by Gasteiger charge is -2.18. The third-order valence-electron chi connectivity index (χ3n) is 6.44. The summed E-state index contributed by atoms with van der Waals surface area (Å²) in [7, 11) is 0. The highest BCUT2D eigenvalue weighted by molar-refractivity contribution is 5.31. The number of allylic oxidation sites excluding steroid dienone is 8. The van der Waals surface area contributed by atoms with Gasteiger partial charge in [0.1, 0.15) is 11.6 Å². The Morgan fingerprint density at radius 3 is 2.43 bits per heavy atom. The summed E-state index contributed by atoms with van der Waals surface area (Å²) in [5.74, 6) is -0.193. The van der Waals surface area contributed by atoms with Crippen LogP contribution in [0.5, 0.6) is 0 Å². The molecule has 0 N–H and O–H groups in total. The number of unbranched alkanes of at least 4 members (excludes halogenated alkanes) is 2. The molecule has 162 valence electrons. The first-order valence-corrected chi connectivity index (χ1v) is 11.8. The maximum absolute atomic E-state index is 14.7. The second-order valence-corrected chi connectivity index (χ2v) is 8.96. The minimum Gasteiger partial charge on any atom is -0.207 e. The summed E-state index contributed by atoms with van der Waals surface area (Å²) in [4.78, 5) is 0. The van der Waals surface area contributed by atoms with Gasteiger partial charge >= 0.3 is 0 Å². The van der Waals surface area contributed by atoms with E-state index in [1.807, 2.05) is 6.92 Å². The molecule has 0 radical (unpaired) electrons. The van der Waals surface area contributed by atoms with Crippen LogP contribution in [0.3, 0.4) is 0 Å². The van der Waals surface area contributed by atoms with Gasteiger partial charge in [-0.05, 0) is 86.5 Å². The Morgan fingerprint density at radius 1 is 1.00 bits per heavy atom. The standard InChI is InChI=1S/C28H36F2/c1-3-4-6-9-22-12-14-23(15-13-22)16-17-24-19-27(29)26(28(30)20-24)18-21(2)25-10-7-5-8-11-25/h7,10-14,19-21,23H,3-6,8-9,15-18H2,1-2H3/t21-,23?/m0/s1. The van der Waals surface area contributed by atoms with Crippen LogP contribution < -0.4 is 0 Å². The zero-order valence-corrected chi connectivity index (χ0v) is 18.6. The van der Waals surface area contributed by atoms with Crippen molar-refractivity contribution in [3.8, 4) is 0 Å². The van der Waals surface area contributed by atoms with Gasteiger partial charge < -0.3 is 0 Å². The Kier molecular flexibility index (Phi) is 8.66. The van der Waals surface area contributed by atoms with Crippen molar-refractivity contribution in [1.82, 2.24) is 0 Å². The number of rotatable bonds is 10. The van der Waals surface area contributed by atoms with Crippen LogP contribution in [0.15, 0.2) is 59.7 Å². The van der Waals surface area contributed by atoms with Gasteiger partial charge in [0.15, 0.2) is 0 Å². The SMILES string of the molecule is CCCCCC1=CCC(CCc2cc(F)c(C[C@H](C)C3=CCCC=C3)c(F)c2)C=C1. The molecule has 0 aliphatic heterocycles.